The van der Waals surface area contributed by atoms with E-state index in [1.807, 2.05) is 70.2 Å². The van der Waals surface area contributed by atoms with Gasteiger partial charge in [0.25, 0.3) is 0 Å². The smallest absolute Gasteiger partial charge is 0.412 e. The van der Waals surface area contributed by atoms with Crippen molar-refractivity contribution in [2.75, 3.05) is 5.75 Å². The van der Waals surface area contributed by atoms with Crippen molar-refractivity contribution >= 4 is 35.4 Å². The number of hydrogen-bond acceptors (Lipinski definition) is 4. The summed E-state index contributed by atoms with van der Waals surface area (Å²) >= 11 is 7.57. The highest BCUT2D eigenvalue weighted by Gasteiger charge is 2.44. The number of amides is 2. The van der Waals surface area contributed by atoms with Gasteiger partial charge in [0.15, 0.2) is 0 Å². The standard InChI is InChI=1S/C23H27ClN2O3S/c1-15(16-8-6-5-7-9-16)25-20(27)19-14-30-21(17-10-12-18(24)13-11-17)26(19)22(28)29-23(2,3)4/h5-13,15,19,21H,14H2,1-4H3,(H,25,27). The number of ether oxygens (including phenoxy) is 1. The van der Waals surface area contributed by atoms with E-state index in [0.717, 1.165) is 11.1 Å². The van der Waals surface area contributed by atoms with Crippen LogP contribution in [0.25, 0.3) is 0 Å². The molecule has 2 aromatic rings. The molecule has 0 spiro atoms. The summed E-state index contributed by atoms with van der Waals surface area (Å²) in [5.74, 6) is 0.293. The van der Waals surface area contributed by atoms with Crippen molar-refractivity contribution in [3.05, 3.63) is 70.7 Å². The Kier molecular flexibility index (Phi) is 6.98. The minimum Gasteiger partial charge on any atom is -0.444 e. The fourth-order valence-corrected chi connectivity index (χ4v) is 4.81. The highest BCUT2D eigenvalue weighted by atomic mass is 35.5. The molecule has 1 heterocycles. The Morgan fingerprint density at radius 3 is 2.37 bits per heavy atom. The number of nitrogens with zero attached hydrogens (tertiary/aromatic N) is 1. The van der Waals surface area contributed by atoms with E-state index in [4.69, 9.17) is 16.3 Å². The predicted octanol–water partition coefficient (Wildman–Crippen LogP) is 5.57. The summed E-state index contributed by atoms with van der Waals surface area (Å²) in [5, 5.41) is 3.35. The van der Waals surface area contributed by atoms with Crippen LogP contribution in [0.2, 0.25) is 5.02 Å². The molecule has 3 unspecified atom stereocenters. The summed E-state index contributed by atoms with van der Waals surface area (Å²) < 4.78 is 5.63. The highest BCUT2D eigenvalue weighted by Crippen LogP contribution is 2.42. The lowest BCUT2D eigenvalue weighted by Crippen LogP contribution is -2.49. The molecule has 7 heteroatoms. The zero-order valence-corrected chi connectivity index (χ0v) is 19.2. The molecule has 0 aliphatic carbocycles. The predicted molar refractivity (Wildman–Crippen MR) is 122 cm³/mol. The van der Waals surface area contributed by atoms with Crippen molar-refractivity contribution < 1.29 is 14.3 Å². The fourth-order valence-electron chi connectivity index (χ4n) is 3.26. The van der Waals surface area contributed by atoms with Gasteiger partial charge < -0.3 is 10.1 Å². The molecule has 2 amide bonds. The number of rotatable bonds is 4. The Morgan fingerprint density at radius 1 is 1.13 bits per heavy atom. The molecule has 0 saturated carbocycles. The normalized spacial score (nSPS) is 20.0. The third-order valence-electron chi connectivity index (χ3n) is 4.72. The van der Waals surface area contributed by atoms with Crippen molar-refractivity contribution in [2.45, 2.75) is 50.8 Å². The van der Waals surface area contributed by atoms with Crippen LogP contribution in [0.1, 0.15) is 50.2 Å². The minimum absolute atomic E-state index is 0.168. The van der Waals surface area contributed by atoms with Crippen molar-refractivity contribution in [3.63, 3.8) is 0 Å². The maximum atomic E-state index is 13.1. The summed E-state index contributed by atoms with van der Waals surface area (Å²) in [5.41, 5.74) is 1.25. The van der Waals surface area contributed by atoms with E-state index in [1.54, 1.807) is 28.8 Å². The van der Waals surface area contributed by atoms with Crippen LogP contribution in [0.4, 0.5) is 4.79 Å². The Bertz CT molecular complexity index is 884. The quantitative estimate of drug-likeness (QED) is 0.667. The lowest BCUT2D eigenvalue weighted by atomic mass is 10.1. The number of hydrogen-bond donors (Lipinski definition) is 1. The van der Waals surface area contributed by atoms with Gasteiger partial charge >= 0.3 is 6.09 Å². The molecule has 3 rings (SSSR count). The van der Waals surface area contributed by atoms with E-state index in [1.165, 1.54) is 0 Å². The first-order chi connectivity index (χ1) is 14.2. The molecule has 160 valence electrons. The third-order valence-corrected chi connectivity index (χ3v) is 6.30. The second-order valence-electron chi connectivity index (χ2n) is 8.28. The van der Waals surface area contributed by atoms with Crippen molar-refractivity contribution in [3.8, 4) is 0 Å². The van der Waals surface area contributed by atoms with Gasteiger partial charge in [0.2, 0.25) is 5.91 Å². The van der Waals surface area contributed by atoms with Gasteiger partial charge in [0.1, 0.15) is 17.0 Å². The molecule has 1 aliphatic rings. The Hall–Kier alpha value is -2.18. The van der Waals surface area contributed by atoms with Gasteiger partial charge in [0.05, 0.1) is 6.04 Å². The van der Waals surface area contributed by atoms with Crippen LogP contribution >= 0.6 is 23.4 Å². The summed E-state index contributed by atoms with van der Waals surface area (Å²) in [4.78, 5) is 27.8. The van der Waals surface area contributed by atoms with Crippen LogP contribution in [0.15, 0.2) is 54.6 Å². The van der Waals surface area contributed by atoms with Gasteiger partial charge in [-0.05, 0) is 51.0 Å². The molecule has 5 nitrogen and oxygen atoms in total. The molecule has 2 aromatic carbocycles. The van der Waals surface area contributed by atoms with Gasteiger partial charge in [0, 0.05) is 10.8 Å². The number of thioether (sulfide) groups is 1. The van der Waals surface area contributed by atoms with E-state index in [9.17, 15) is 9.59 Å². The average molecular weight is 447 g/mol. The van der Waals surface area contributed by atoms with Crippen LogP contribution in [-0.2, 0) is 9.53 Å². The van der Waals surface area contributed by atoms with E-state index in [-0.39, 0.29) is 17.3 Å². The summed E-state index contributed by atoms with van der Waals surface area (Å²) in [6.07, 6.45) is -0.500. The topological polar surface area (TPSA) is 58.6 Å². The summed E-state index contributed by atoms with van der Waals surface area (Å²) in [7, 11) is 0. The van der Waals surface area contributed by atoms with E-state index in [0.29, 0.717) is 10.8 Å². The second-order valence-corrected chi connectivity index (χ2v) is 9.83. The maximum Gasteiger partial charge on any atom is 0.412 e. The molecule has 1 saturated heterocycles. The fraction of sp³-hybridized carbons (Fsp3) is 0.391. The zero-order valence-electron chi connectivity index (χ0n) is 17.6. The Morgan fingerprint density at radius 2 is 1.77 bits per heavy atom. The molecular weight excluding hydrogens is 420 g/mol. The van der Waals surface area contributed by atoms with E-state index >= 15 is 0 Å². The Balaban J connectivity index is 1.83. The van der Waals surface area contributed by atoms with Gasteiger partial charge in [-0.2, -0.15) is 0 Å². The largest absolute Gasteiger partial charge is 0.444 e. The molecule has 0 radical (unpaired) electrons. The molecule has 3 atom stereocenters. The number of halogens is 1. The van der Waals surface area contributed by atoms with E-state index < -0.39 is 17.7 Å². The molecule has 1 N–H and O–H groups in total. The summed E-state index contributed by atoms with van der Waals surface area (Å²) in [6, 6.07) is 16.3. The first kappa shape index (κ1) is 22.5. The van der Waals surface area contributed by atoms with Gasteiger partial charge in [-0.3, -0.25) is 9.69 Å². The zero-order chi connectivity index (χ0) is 21.9. The van der Waals surface area contributed by atoms with Crippen LogP contribution < -0.4 is 5.32 Å². The van der Waals surface area contributed by atoms with E-state index in [2.05, 4.69) is 5.32 Å². The first-order valence-electron chi connectivity index (χ1n) is 9.89. The lowest BCUT2D eigenvalue weighted by molar-refractivity contribution is -0.126. The number of carbonyl (C=O) groups excluding carboxylic acids is 2. The van der Waals surface area contributed by atoms with Crippen LogP contribution in [0, 0.1) is 0 Å². The maximum absolute atomic E-state index is 13.1. The number of carbonyl (C=O) groups is 2. The van der Waals surface area contributed by atoms with Crippen LogP contribution in [0.5, 0.6) is 0 Å². The van der Waals surface area contributed by atoms with Gasteiger partial charge in [-0.15, -0.1) is 11.8 Å². The molecule has 30 heavy (non-hydrogen) atoms. The first-order valence-corrected chi connectivity index (χ1v) is 11.3. The lowest BCUT2D eigenvalue weighted by Gasteiger charge is -2.32. The minimum atomic E-state index is -0.659. The van der Waals surface area contributed by atoms with Crippen molar-refractivity contribution in [1.29, 1.82) is 0 Å². The number of nitrogens with one attached hydrogen (secondary N) is 1. The summed E-state index contributed by atoms with van der Waals surface area (Å²) in [6.45, 7) is 7.39. The Labute approximate surface area is 187 Å². The van der Waals surface area contributed by atoms with Crippen LogP contribution in [0.3, 0.4) is 0 Å². The van der Waals surface area contributed by atoms with Crippen molar-refractivity contribution in [1.82, 2.24) is 10.2 Å². The molecule has 1 aliphatic heterocycles. The monoisotopic (exact) mass is 446 g/mol. The third kappa shape index (κ3) is 5.49. The van der Waals surface area contributed by atoms with Crippen molar-refractivity contribution in [2.24, 2.45) is 0 Å². The SMILES string of the molecule is CC(NC(=O)C1CSC(c2ccc(Cl)cc2)N1C(=O)OC(C)(C)C)c1ccccc1. The average Bonchev–Trinajstić information content (AvgIpc) is 3.13. The molecular formula is C23H27ClN2O3S. The van der Waals surface area contributed by atoms with Crippen LogP contribution in [-0.4, -0.2) is 34.3 Å². The van der Waals surface area contributed by atoms with Gasteiger partial charge in [-0.1, -0.05) is 54.1 Å². The molecule has 1 fully saturated rings. The van der Waals surface area contributed by atoms with Gasteiger partial charge in [-0.25, -0.2) is 4.79 Å². The number of benzene rings is 2. The molecule has 0 aromatic heterocycles. The second kappa shape index (κ2) is 9.31. The highest BCUT2D eigenvalue weighted by molar-refractivity contribution is 7.99. The molecule has 0 bridgehead atoms.